The zero-order valence-corrected chi connectivity index (χ0v) is 25.2. The van der Waals surface area contributed by atoms with Gasteiger partial charge in [-0.25, -0.2) is 12.8 Å². The van der Waals surface area contributed by atoms with Crippen molar-refractivity contribution >= 4 is 27.5 Å². The summed E-state index contributed by atoms with van der Waals surface area (Å²) in [6.45, 7) is 7.45. The molecule has 9 heteroatoms. The van der Waals surface area contributed by atoms with Crippen LogP contribution in [-0.4, -0.2) is 50.0 Å². The molecule has 0 saturated heterocycles. The molecule has 1 N–H and O–H groups in total. The molecule has 3 rings (SSSR count). The maximum absolute atomic E-state index is 14.8. The van der Waals surface area contributed by atoms with Crippen LogP contribution in [0.4, 0.5) is 10.1 Å². The van der Waals surface area contributed by atoms with Crippen molar-refractivity contribution in [3.8, 4) is 0 Å². The van der Waals surface area contributed by atoms with Crippen LogP contribution in [0, 0.1) is 19.7 Å². The number of nitrogens with one attached hydrogen (secondary N) is 1. The summed E-state index contributed by atoms with van der Waals surface area (Å²) in [5, 5.41) is 2.91. The van der Waals surface area contributed by atoms with E-state index < -0.39 is 21.9 Å². The van der Waals surface area contributed by atoms with Crippen molar-refractivity contribution in [3.05, 3.63) is 101 Å². The second kappa shape index (κ2) is 14.3. The van der Waals surface area contributed by atoms with Crippen molar-refractivity contribution in [1.29, 1.82) is 0 Å². The monoisotopic (exact) mass is 581 g/mol. The maximum atomic E-state index is 14.8. The summed E-state index contributed by atoms with van der Waals surface area (Å²) in [5.41, 5.74) is 3.54. The summed E-state index contributed by atoms with van der Waals surface area (Å²) in [6, 6.07) is 20.0. The van der Waals surface area contributed by atoms with Crippen molar-refractivity contribution in [2.24, 2.45) is 0 Å². The number of benzene rings is 3. The number of hydrogen-bond acceptors (Lipinski definition) is 4. The van der Waals surface area contributed by atoms with E-state index in [-0.39, 0.29) is 50.2 Å². The van der Waals surface area contributed by atoms with E-state index in [1.54, 1.807) is 30.3 Å². The Kier molecular flexibility index (Phi) is 11.1. The van der Waals surface area contributed by atoms with Crippen molar-refractivity contribution in [1.82, 2.24) is 10.2 Å². The molecule has 0 aliphatic heterocycles. The van der Waals surface area contributed by atoms with E-state index >= 15 is 0 Å². The molecule has 0 heterocycles. The van der Waals surface area contributed by atoms with Crippen LogP contribution in [-0.2, 0) is 32.6 Å². The van der Waals surface area contributed by atoms with E-state index in [2.05, 4.69) is 5.32 Å². The third-order valence-electron chi connectivity index (χ3n) is 7.00. The molecular weight excluding hydrogens is 541 g/mol. The van der Waals surface area contributed by atoms with Gasteiger partial charge in [-0.05, 0) is 62.9 Å². The lowest BCUT2D eigenvalue weighted by atomic mass is 10.0. The van der Waals surface area contributed by atoms with Gasteiger partial charge in [-0.3, -0.25) is 13.9 Å². The molecule has 0 aliphatic carbocycles. The predicted octanol–water partition coefficient (Wildman–Crippen LogP) is 5.15. The lowest BCUT2D eigenvalue weighted by Crippen LogP contribution is -2.52. The number of carbonyl (C=O) groups is 2. The largest absolute Gasteiger partial charge is 0.352 e. The van der Waals surface area contributed by atoms with Crippen molar-refractivity contribution in [2.75, 3.05) is 17.1 Å². The standard InChI is InChI=1S/C32H40FN3O4S/c1-23(2)34-32(38)30(21-26-14-7-6-8-15-26)35(22-27-16-9-10-17-28(27)33)31(37)19-12-20-36(41(5,39)40)29-18-11-13-24(3)25(29)4/h6-11,13-18,23,30H,12,19-22H2,1-5H3,(H,34,38). The van der Waals surface area contributed by atoms with E-state index in [9.17, 15) is 22.4 Å². The summed E-state index contributed by atoms with van der Waals surface area (Å²) in [4.78, 5) is 28.7. The molecule has 0 bridgehead atoms. The number of amides is 2. The first-order chi connectivity index (χ1) is 19.4. The lowest BCUT2D eigenvalue weighted by Gasteiger charge is -2.32. The number of hydrogen-bond donors (Lipinski definition) is 1. The number of carbonyl (C=O) groups excluding carboxylic acids is 2. The van der Waals surface area contributed by atoms with Gasteiger partial charge in [0.2, 0.25) is 21.8 Å². The third kappa shape index (κ3) is 8.88. The normalized spacial score (nSPS) is 12.2. The second-order valence-corrected chi connectivity index (χ2v) is 12.5. The Bertz CT molecular complexity index is 1440. The highest BCUT2D eigenvalue weighted by atomic mass is 32.2. The van der Waals surface area contributed by atoms with Crippen LogP contribution in [0.25, 0.3) is 0 Å². The topological polar surface area (TPSA) is 86.8 Å². The molecule has 0 radical (unpaired) electrons. The molecule has 0 aliphatic rings. The van der Waals surface area contributed by atoms with Crippen molar-refractivity contribution in [2.45, 2.75) is 65.6 Å². The van der Waals surface area contributed by atoms with Crippen LogP contribution in [0.15, 0.2) is 72.8 Å². The molecule has 41 heavy (non-hydrogen) atoms. The van der Waals surface area contributed by atoms with Gasteiger partial charge in [0.1, 0.15) is 11.9 Å². The summed E-state index contributed by atoms with van der Waals surface area (Å²) < 4.78 is 41.5. The molecule has 0 aromatic heterocycles. The first kappa shape index (κ1) is 31.8. The van der Waals surface area contributed by atoms with Gasteiger partial charge in [-0.15, -0.1) is 0 Å². The van der Waals surface area contributed by atoms with E-state index in [4.69, 9.17) is 0 Å². The van der Waals surface area contributed by atoms with Crippen molar-refractivity contribution in [3.63, 3.8) is 0 Å². The van der Waals surface area contributed by atoms with Crippen molar-refractivity contribution < 1.29 is 22.4 Å². The second-order valence-electron chi connectivity index (χ2n) is 10.6. The molecule has 1 atom stereocenters. The number of nitrogens with zero attached hydrogens (tertiary/aromatic N) is 2. The minimum absolute atomic E-state index is 0.0222. The van der Waals surface area contributed by atoms with Crippen LogP contribution >= 0.6 is 0 Å². The zero-order valence-electron chi connectivity index (χ0n) is 24.4. The summed E-state index contributed by atoms with van der Waals surface area (Å²) in [5.74, 6) is -1.16. The minimum Gasteiger partial charge on any atom is -0.352 e. The molecule has 0 spiro atoms. The Morgan fingerprint density at radius 2 is 1.59 bits per heavy atom. The summed E-state index contributed by atoms with van der Waals surface area (Å²) >= 11 is 0. The van der Waals surface area contributed by atoms with Crippen LogP contribution in [0.5, 0.6) is 0 Å². The Hall–Kier alpha value is -3.72. The number of halogens is 1. The van der Waals surface area contributed by atoms with E-state index in [1.165, 1.54) is 15.3 Å². The summed E-state index contributed by atoms with van der Waals surface area (Å²) in [7, 11) is -3.62. The van der Waals surface area contributed by atoms with E-state index in [0.717, 1.165) is 22.9 Å². The highest BCUT2D eigenvalue weighted by molar-refractivity contribution is 7.92. The van der Waals surface area contributed by atoms with Crippen LogP contribution < -0.4 is 9.62 Å². The average Bonchev–Trinajstić information content (AvgIpc) is 2.91. The Morgan fingerprint density at radius 1 is 0.927 bits per heavy atom. The first-order valence-corrected chi connectivity index (χ1v) is 15.6. The number of rotatable bonds is 13. The fourth-order valence-corrected chi connectivity index (χ4v) is 5.75. The molecule has 2 amide bonds. The molecule has 0 saturated carbocycles. The minimum atomic E-state index is -3.62. The molecule has 7 nitrogen and oxygen atoms in total. The molecule has 3 aromatic carbocycles. The Labute approximate surface area is 243 Å². The number of anilines is 1. The van der Waals surface area contributed by atoms with Gasteiger partial charge < -0.3 is 10.2 Å². The smallest absolute Gasteiger partial charge is 0.243 e. The fraction of sp³-hybridized carbons (Fsp3) is 0.375. The number of aryl methyl sites for hydroxylation is 1. The van der Waals surface area contributed by atoms with Gasteiger partial charge in [0.15, 0.2) is 0 Å². The van der Waals surface area contributed by atoms with Gasteiger partial charge in [-0.2, -0.15) is 0 Å². The van der Waals surface area contributed by atoms with Gasteiger partial charge in [0.05, 0.1) is 11.9 Å². The Morgan fingerprint density at radius 3 is 2.22 bits per heavy atom. The highest BCUT2D eigenvalue weighted by Gasteiger charge is 2.31. The molecule has 220 valence electrons. The zero-order chi connectivity index (χ0) is 30.2. The van der Waals surface area contributed by atoms with Crippen LogP contribution in [0.1, 0.15) is 48.9 Å². The lowest BCUT2D eigenvalue weighted by molar-refractivity contribution is -0.141. The fourth-order valence-electron chi connectivity index (χ4n) is 4.73. The molecule has 0 fully saturated rings. The molecular formula is C32H40FN3O4S. The maximum Gasteiger partial charge on any atom is 0.243 e. The van der Waals surface area contributed by atoms with E-state index in [0.29, 0.717) is 11.3 Å². The SMILES string of the molecule is Cc1cccc(N(CCCC(=O)N(Cc2ccccc2F)C(Cc2ccccc2)C(=O)NC(C)C)S(C)(=O)=O)c1C. The van der Waals surface area contributed by atoms with Gasteiger partial charge >= 0.3 is 0 Å². The molecule has 3 aromatic rings. The number of sulfonamides is 1. The van der Waals surface area contributed by atoms with Gasteiger partial charge in [0.25, 0.3) is 0 Å². The quantitative estimate of drug-likeness (QED) is 0.302. The molecule has 1 unspecified atom stereocenters. The predicted molar refractivity (Wildman–Crippen MR) is 162 cm³/mol. The van der Waals surface area contributed by atoms with Gasteiger partial charge in [0, 0.05) is 37.5 Å². The van der Waals surface area contributed by atoms with Crippen LogP contribution in [0.2, 0.25) is 0 Å². The third-order valence-corrected chi connectivity index (χ3v) is 8.18. The van der Waals surface area contributed by atoms with Gasteiger partial charge in [-0.1, -0.05) is 60.7 Å². The van der Waals surface area contributed by atoms with E-state index in [1.807, 2.05) is 64.1 Å². The van der Waals surface area contributed by atoms with Crippen LogP contribution in [0.3, 0.4) is 0 Å². The highest BCUT2D eigenvalue weighted by Crippen LogP contribution is 2.26. The average molecular weight is 582 g/mol. The first-order valence-electron chi connectivity index (χ1n) is 13.8. The Balaban J connectivity index is 1.91. The summed E-state index contributed by atoms with van der Waals surface area (Å²) in [6.07, 6.45) is 1.59.